The fourth-order valence-corrected chi connectivity index (χ4v) is 1.00. The maximum Gasteiger partial charge on any atom is 0.574 e. The normalized spacial score (nSPS) is 11.5. The summed E-state index contributed by atoms with van der Waals surface area (Å²) in [4.78, 5) is 3.08. The fraction of sp³-hybridized carbons (Fsp3) is 0.167. The number of nitrogens with zero attached hydrogens (tertiary/aromatic N) is 1. The molecule has 0 spiro atoms. The second-order valence-corrected chi connectivity index (χ2v) is 3.15. The van der Waals surface area contributed by atoms with Gasteiger partial charge in [-0.25, -0.2) is 9.37 Å². The zero-order valence-electron chi connectivity index (χ0n) is 6.27. The summed E-state index contributed by atoms with van der Waals surface area (Å²) < 4.78 is 50.7. The van der Waals surface area contributed by atoms with Crippen molar-refractivity contribution in [1.29, 1.82) is 0 Å². The van der Waals surface area contributed by atoms with Gasteiger partial charge in [0, 0.05) is 6.07 Å². The Hall–Kier alpha value is -0.800. The molecule has 1 aromatic rings. The van der Waals surface area contributed by atoms with E-state index in [-0.39, 0.29) is 3.70 Å². The number of halogens is 5. The molecule has 0 aliphatic carbocycles. The molecule has 1 N–H and O–H groups in total. The molecule has 78 valence electrons. The van der Waals surface area contributed by atoms with Crippen LogP contribution in [-0.2, 0) is 0 Å². The molecule has 0 aliphatic rings. The standard InChI is InChI=1S/C6H2F4INO2/c7-2-1-3(13)5(12-4(2)11)14-6(8,9)10/h1,13H. The zero-order chi connectivity index (χ0) is 10.9. The first-order valence-electron chi connectivity index (χ1n) is 3.10. The van der Waals surface area contributed by atoms with Gasteiger partial charge in [-0.05, 0) is 22.6 Å². The van der Waals surface area contributed by atoms with E-state index in [2.05, 4.69) is 9.72 Å². The smallest absolute Gasteiger partial charge is 0.503 e. The molecule has 8 heteroatoms. The number of alkyl halides is 3. The average Bonchev–Trinajstić information content (AvgIpc) is 1.97. The first-order chi connectivity index (χ1) is 6.29. The molecule has 0 aromatic carbocycles. The zero-order valence-corrected chi connectivity index (χ0v) is 8.43. The van der Waals surface area contributed by atoms with E-state index in [4.69, 9.17) is 5.11 Å². The van der Waals surface area contributed by atoms with Gasteiger partial charge in [-0.1, -0.05) is 0 Å². The Balaban J connectivity index is 3.04. The van der Waals surface area contributed by atoms with E-state index in [9.17, 15) is 17.6 Å². The lowest BCUT2D eigenvalue weighted by Gasteiger charge is -2.09. The van der Waals surface area contributed by atoms with Crippen LogP contribution in [0.25, 0.3) is 0 Å². The van der Waals surface area contributed by atoms with Crippen LogP contribution in [0.5, 0.6) is 11.6 Å². The third kappa shape index (κ3) is 2.86. The second-order valence-electron chi connectivity index (χ2n) is 2.13. The molecule has 3 nitrogen and oxygen atoms in total. The minimum absolute atomic E-state index is 0.320. The van der Waals surface area contributed by atoms with Crippen LogP contribution in [0.4, 0.5) is 17.6 Å². The van der Waals surface area contributed by atoms with Gasteiger partial charge in [0.15, 0.2) is 11.6 Å². The van der Waals surface area contributed by atoms with Gasteiger partial charge in [0.05, 0.1) is 0 Å². The van der Waals surface area contributed by atoms with E-state index in [0.29, 0.717) is 6.07 Å². The third-order valence-corrected chi connectivity index (χ3v) is 1.85. The summed E-state index contributed by atoms with van der Waals surface area (Å²) in [5, 5.41) is 8.85. The number of rotatable bonds is 1. The van der Waals surface area contributed by atoms with Crippen LogP contribution in [0.15, 0.2) is 6.07 Å². The van der Waals surface area contributed by atoms with E-state index in [1.54, 1.807) is 0 Å². The summed E-state index contributed by atoms with van der Waals surface area (Å²) in [6, 6.07) is 0.496. The van der Waals surface area contributed by atoms with E-state index in [1.165, 1.54) is 22.6 Å². The molecule has 1 rings (SSSR count). The third-order valence-electron chi connectivity index (χ3n) is 1.09. The van der Waals surface area contributed by atoms with Crippen LogP contribution in [0.1, 0.15) is 0 Å². The molecule has 0 saturated heterocycles. The average molecular weight is 323 g/mol. The molecule has 0 saturated carbocycles. The lowest BCUT2D eigenvalue weighted by molar-refractivity contribution is -0.276. The predicted octanol–water partition coefficient (Wildman–Crippen LogP) is 2.43. The first kappa shape index (κ1) is 11.3. The highest BCUT2D eigenvalue weighted by atomic mass is 127. The van der Waals surface area contributed by atoms with Gasteiger partial charge in [-0.3, -0.25) is 0 Å². The summed E-state index contributed by atoms with van der Waals surface area (Å²) in [5.74, 6) is -2.99. The lowest BCUT2D eigenvalue weighted by atomic mass is 10.4. The molecular weight excluding hydrogens is 321 g/mol. The maximum absolute atomic E-state index is 12.6. The number of hydrogen-bond acceptors (Lipinski definition) is 3. The largest absolute Gasteiger partial charge is 0.574 e. The number of ether oxygens (including phenoxy) is 1. The van der Waals surface area contributed by atoms with Crippen LogP contribution in [0.3, 0.4) is 0 Å². The van der Waals surface area contributed by atoms with Gasteiger partial charge < -0.3 is 9.84 Å². The van der Waals surface area contributed by atoms with Crippen molar-refractivity contribution >= 4 is 22.6 Å². The van der Waals surface area contributed by atoms with Gasteiger partial charge in [-0.2, -0.15) is 0 Å². The summed E-state index contributed by atoms with van der Waals surface area (Å²) in [5.41, 5.74) is 0. The van der Waals surface area contributed by atoms with Gasteiger partial charge in [0.2, 0.25) is 0 Å². The van der Waals surface area contributed by atoms with Crippen molar-refractivity contribution in [1.82, 2.24) is 4.98 Å². The number of aromatic nitrogens is 1. The molecule has 0 amide bonds. The van der Waals surface area contributed by atoms with Crippen LogP contribution < -0.4 is 4.74 Å². The van der Waals surface area contributed by atoms with Crippen molar-refractivity contribution in [3.8, 4) is 11.6 Å². The summed E-state index contributed by atoms with van der Waals surface area (Å²) >= 11 is 1.37. The van der Waals surface area contributed by atoms with Crippen LogP contribution in [0, 0.1) is 9.52 Å². The predicted molar refractivity (Wildman–Crippen MR) is 45.3 cm³/mol. The van der Waals surface area contributed by atoms with Crippen molar-refractivity contribution in [2.75, 3.05) is 0 Å². The first-order valence-corrected chi connectivity index (χ1v) is 4.18. The molecule has 1 heterocycles. The summed E-state index contributed by atoms with van der Waals surface area (Å²) in [7, 11) is 0. The van der Waals surface area contributed by atoms with Crippen molar-refractivity contribution in [3.63, 3.8) is 0 Å². The molecule has 0 unspecified atom stereocenters. The topological polar surface area (TPSA) is 42.4 Å². The SMILES string of the molecule is Oc1cc(F)c(I)nc1OC(F)(F)F. The summed E-state index contributed by atoms with van der Waals surface area (Å²) in [6.07, 6.45) is -4.97. The van der Waals surface area contributed by atoms with Gasteiger partial charge >= 0.3 is 6.36 Å². The summed E-state index contributed by atoms with van der Waals surface area (Å²) in [6.45, 7) is 0. The van der Waals surface area contributed by atoms with Gasteiger partial charge in [-0.15, -0.1) is 13.2 Å². The van der Waals surface area contributed by atoms with Crippen molar-refractivity contribution < 1.29 is 27.4 Å². The Morgan fingerprint density at radius 2 is 2.00 bits per heavy atom. The van der Waals surface area contributed by atoms with Crippen LogP contribution in [-0.4, -0.2) is 16.5 Å². The lowest BCUT2D eigenvalue weighted by Crippen LogP contribution is -2.18. The molecular formula is C6H2F4INO2. The maximum atomic E-state index is 12.6. The highest BCUT2D eigenvalue weighted by Gasteiger charge is 2.33. The Kier molecular flexibility index (Phi) is 3.02. The van der Waals surface area contributed by atoms with Gasteiger partial charge in [0.25, 0.3) is 5.88 Å². The van der Waals surface area contributed by atoms with Crippen LogP contribution in [0.2, 0.25) is 0 Å². The number of pyridine rings is 1. The minimum Gasteiger partial charge on any atom is -0.503 e. The van der Waals surface area contributed by atoms with Gasteiger partial charge in [0.1, 0.15) is 3.70 Å². The molecule has 0 radical (unpaired) electrons. The minimum atomic E-state index is -4.97. The molecule has 14 heavy (non-hydrogen) atoms. The Morgan fingerprint density at radius 1 is 1.43 bits per heavy atom. The number of aromatic hydroxyl groups is 1. The highest BCUT2D eigenvalue weighted by molar-refractivity contribution is 14.1. The fourth-order valence-electron chi connectivity index (χ4n) is 0.626. The molecule has 0 atom stereocenters. The highest BCUT2D eigenvalue weighted by Crippen LogP contribution is 2.30. The molecule has 1 aromatic heterocycles. The van der Waals surface area contributed by atoms with E-state index in [1.807, 2.05) is 0 Å². The van der Waals surface area contributed by atoms with Crippen molar-refractivity contribution in [2.45, 2.75) is 6.36 Å². The Bertz CT molecular complexity index is 354. The second kappa shape index (κ2) is 3.75. The van der Waals surface area contributed by atoms with Crippen LogP contribution >= 0.6 is 22.6 Å². The monoisotopic (exact) mass is 323 g/mol. The Morgan fingerprint density at radius 3 is 2.50 bits per heavy atom. The number of hydrogen-bond donors (Lipinski definition) is 1. The molecule has 0 fully saturated rings. The molecule has 0 aliphatic heterocycles. The Labute approximate surface area is 88.8 Å². The quantitative estimate of drug-likeness (QED) is 0.490. The van der Waals surface area contributed by atoms with Crippen molar-refractivity contribution in [2.24, 2.45) is 0 Å². The van der Waals surface area contributed by atoms with Crippen molar-refractivity contribution in [3.05, 3.63) is 15.6 Å². The van der Waals surface area contributed by atoms with E-state index < -0.39 is 23.8 Å². The van der Waals surface area contributed by atoms with E-state index >= 15 is 0 Å². The molecule has 0 bridgehead atoms. The van der Waals surface area contributed by atoms with E-state index in [0.717, 1.165) is 0 Å².